The first-order valence-corrected chi connectivity index (χ1v) is 12.8. The summed E-state index contributed by atoms with van der Waals surface area (Å²) in [6.45, 7) is 8.49. The van der Waals surface area contributed by atoms with Crippen molar-refractivity contribution in [2.75, 3.05) is 37.7 Å². The van der Waals surface area contributed by atoms with E-state index in [1.165, 1.54) is 11.1 Å². The standard InChI is InChI=1S/C30H37N3O3/c1-4-18-35-22-27(34)20-32(16-14-23(2)3)21-28-29(25-11-6-5-7-12-25)31-36-30(28)33-17-15-24-10-8-9-13-26(24)19-33/h1,5-13,23,27,34H,14-22H2,2-3H3. The van der Waals surface area contributed by atoms with E-state index in [2.05, 4.69) is 71.1 Å². The quantitative estimate of drug-likeness (QED) is 0.294. The number of nitrogens with zero attached hydrogens (tertiary/aromatic N) is 3. The molecule has 0 radical (unpaired) electrons. The Morgan fingerprint density at radius 2 is 1.89 bits per heavy atom. The molecule has 1 aliphatic heterocycles. The smallest absolute Gasteiger partial charge is 0.232 e. The lowest BCUT2D eigenvalue weighted by atomic mass is 9.99. The van der Waals surface area contributed by atoms with Crippen molar-refractivity contribution in [3.05, 3.63) is 71.3 Å². The first kappa shape index (κ1) is 26.0. The van der Waals surface area contributed by atoms with Crippen molar-refractivity contribution in [2.45, 2.75) is 45.9 Å². The Labute approximate surface area is 214 Å². The first-order valence-electron chi connectivity index (χ1n) is 12.8. The lowest BCUT2D eigenvalue weighted by Crippen LogP contribution is -2.36. The second-order valence-corrected chi connectivity index (χ2v) is 9.91. The fourth-order valence-corrected chi connectivity index (χ4v) is 4.69. The van der Waals surface area contributed by atoms with Crippen molar-refractivity contribution in [3.8, 4) is 23.6 Å². The highest BCUT2D eigenvalue weighted by Gasteiger charge is 2.27. The minimum Gasteiger partial charge on any atom is -0.389 e. The fourth-order valence-electron chi connectivity index (χ4n) is 4.69. The number of aromatic nitrogens is 1. The van der Waals surface area contributed by atoms with Crippen molar-refractivity contribution >= 4 is 5.88 Å². The molecule has 0 fully saturated rings. The molecule has 4 rings (SSSR count). The van der Waals surface area contributed by atoms with Gasteiger partial charge in [0.1, 0.15) is 12.3 Å². The summed E-state index contributed by atoms with van der Waals surface area (Å²) in [6, 6.07) is 18.8. The minimum absolute atomic E-state index is 0.202. The van der Waals surface area contributed by atoms with Crippen molar-refractivity contribution in [1.29, 1.82) is 0 Å². The highest BCUT2D eigenvalue weighted by Crippen LogP contribution is 2.35. The predicted octanol–water partition coefficient (Wildman–Crippen LogP) is 4.76. The molecule has 190 valence electrons. The van der Waals surface area contributed by atoms with Crippen LogP contribution in [0.15, 0.2) is 59.1 Å². The van der Waals surface area contributed by atoms with Gasteiger partial charge in [0.2, 0.25) is 5.88 Å². The van der Waals surface area contributed by atoms with Crippen LogP contribution in [0, 0.1) is 18.3 Å². The van der Waals surface area contributed by atoms with E-state index in [0.29, 0.717) is 19.0 Å². The summed E-state index contributed by atoms with van der Waals surface area (Å²) in [6.07, 6.45) is 6.65. The van der Waals surface area contributed by atoms with Crippen LogP contribution >= 0.6 is 0 Å². The van der Waals surface area contributed by atoms with Crippen LogP contribution in [0.4, 0.5) is 5.88 Å². The molecular formula is C30H37N3O3. The maximum absolute atomic E-state index is 10.7. The highest BCUT2D eigenvalue weighted by molar-refractivity contribution is 5.68. The van der Waals surface area contributed by atoms with Crippen molar-refractivity contribution < 1.29 is 14.4 Å². The van der Waals surface area contributed by atoms with Gasteiger partial charge >= 0.3 is 0 Å². The lowest BCUT2D eigenvalue weighted by Gasteiger charge is -2.30. The number of hydrogen-bond donors (Lipinski definition) is 1. The molecule has 2 aromatic carbocycles. The molecule has 0 aliphatic carbocycles. The van der Waals surface area contributed by atoms with Crippen LogP contribution in [0.25, 0.3) is 11.3 Å². The van der Waals surface area contributed by atoms with Crippen LogP contribution < -0.4 is 4.90 Å². The monoisotopic (exact) mass is 487 g/mol. The van der Waals surface area contributed by atoms with Gasteiger partial charge in [-0.3, -0.25) is 4.90 Å². The normalized spacial score (nSPS) is 14.2. The fraction of sp³-hybridized carbons (Fsp3) is 0.433. The van der Waals surface area contributed by atoms with Gasteiger partial charge in [-0.05, 0) is 36.4 Å². The third-order valence-corrected chi connectivity index (χ3v) is 6.60. The number of aliphatic hydroxyl groups is 1. The largest absolute Gasteiger partial charge is 0.389 e. The van der Waals surface area contributed by atoms with E-state index in [4.69, 9.17) is 15.7 Å². The minimum atomic E-state index is -0.629. The molecule has 6 heteroatoms. The maximum Gasteiger partial charge on any atom is 0.232 e. The van der Waals surface area contributed by atoms with Gasteiger partial charge in [-0.1, -0.05) is 79.5 Å². The van der Waals surface area contributed by atoms with E-state index in [9.17, 15) is 5.11 Å². The number of terminal acetylenes is 1. The third kappa shape index (κ3) is 6.76. The summed E-state index contributed by atoms with van der Waals surface area (Å²) in [5.41, 5.74) is 5.66. The zero-order chi connectivity index (χ0) is 25.3. The van der Waals surface area contributed by atoms with E-state index in [1.807, 2.05) is 18.2 Å². The number of benzene rings is 2. The summed E-state index contributed by atoms with van der Waals surface area (Å²) in [7, 11) is 0. The summed E-state index contributed by atoms with van der Waals surface area (Å²) < 4.78 is 11.5. The number of anilines is 1. The number of fused-ring (bicyclic) bond motifs is 1. The molecule has 0 bridgehead atoms. The Balaban J connectivity index is 1.62. The van der Waals surface area contributed by atoms with Crippen LogP contribution in [0.5, 0.6) is 0 Å². The number of ether oxygens (including phenoxy) is 1. The van der Waals surface area contributed by atoms with Gasteiger partial charge in [0.15, 0.2) is 0 Å². The molecule has 0 amide bonds. The molecule has 1 N–H and O–H groups in total. The van der Waals surface area contributed by atoms with Gasteiger partial charge in [-0.15, -0.1) is 6.42 Å². The maximum atomic E-state index is 10.7. The number of rotatable bonds is 12. The molecule has 2 heterocycles. The molecule has 1 unspecified atom stereocenters. The molecular weight excluding hydrogens is 450 g/mol. The van der Waals surface area contributed by atoms with E-state index < -0.39 is 6.10 Å². The molecule has 1 aliphatic rings. The Hall–Kier alpha value is -3.11. The summed E-state index contributed by atoms with van der Waals surface area (Å²) in [5, 5.41) is 15.2. The average Bonchev–Trinajstić information content (AvgIpc) is 3.31. The highest BCUT2D eigenvalue weighted by atomic mass is 16.5. The van der Waals surface area contributed by atoms with Crippen molar-refractivity contribution in [3.63, 3.8) is 0 Å². The average molecular weight is 488 g/mol. The molecule has 0 spiro atoms. The SMILES string of the molecule is C#CCOCC(O)CN(CCC(C)C)Cc1c(-c2ccccc2)noc1N1CCc2ccccc2C1. The molecule has 3 aromatic rings. The molecule has 0 saturated carbocycles. The van der Waals surface area contributed by atoms with E-state index in [1.54, 1.807) is 0 Å². The topological polar surface area (TPSA) is 62.0 Å². The van der Waals surface area contributed by atoms with Crippen LogP contribution in [0.3, 0.4) is 0 Å². The summed E-state index contributed by atoms with van der Waals surface area (Å²) >= 11 is 0. The third-order valence-electron chi connectivity index (χ3n) is 6.60. The number of hydrogen-bond acceptors (Lipinski definition) is 6. The summed E-state index contributed by atoms with van der Waals surface area (Å²) in [5.74, 6) is 3.82. The summed E-state index contributed by atoms with van der Waals surface area (Å²) in [4.78, 5) is 4.58. The second-order valence-electron chi connectivity index (χ2n) is 9.91. The van der Waals surface area contributed by atoms with Gasteiger partial charge in [0.25, 0.3) is 0 Å². The number of aliphatic hydroxyl groups excluding tert-OH is 1. The Morgan fingerprint density at radius 3 is 2.64 bits per heavy atom. The van der Waals surface area contributed by atoms with Crippen LogP contribution in [-0.2, 0) is 24.2 Å². The van der Waals surface area contributed by atoms with Gasteiger partial charge in [0, 0.05) is 31.7 Å². The Bertz CT molecular complexity index is 1140. The van der Waals surface area contributed by atoms with E-state index in [-0.39, 0.29) is 13.2 Å². The Kier molecular flexibility index (Phi) is 9.18. The van der Waals surface area contributed by atoms with Crippen LogP contribution in [0.1, 0.15) is 37.0 Å². The van der Waals surface area contributed by atoms with Crippen molar-refractivity contribution in [1.82, 2.24) is 10.1 Å². The molecule has 6 nitrogen and oxygen atoms in total. The molecule has 1 atom stereocenters. The first-order chi connectivity index (χ1) is 17.5. The van der Waals surface area contributed by atoms with Crippen LogP contribution in [-0.4, -0.2) is 54.1 Å². The molecule has 1 aromatic heterocycles. The van der Waals surface area contributed by atoms with E-state index >= 15 is 0 Å². The van der Waals surface area contributed by atoms with Gasteiger partial charge in [-0.25, -0.2) is 0 Å². The zero-order valence-corrected chi connectivity index (χ0v) is 21.4. The lowest BCUT2D eigenvalue weighted by molar-refractivity contribution is 0.0252. The van der Waals surface area contributed by atoms with Crippen LogP contribution in [0.2, 0.25) is 0 Å². The Morgan fingerprint density at radius 1 is 1.14 bits per heavy atom. The molecule has 36 heavy (non-hydrogen) atoms. The van der Waals surface area contributed by atoms with Gasteiger partial charge < -0.3 is 19.3 Å². The van der Waals surface area contributed by atoms with E-state index in [0.717, 1.165) is 55.2 Å². The second kappa shape index (κ2) is 12.7. The zero-order valence-electron chi connectivity index (χ0n) is 21.4. The molecule has 0 saturated heterocycles. The van der Waals surface area contributed by atoms with Crippen molar-refractivity contribution in [2.24, 2.45) is 5.92 Å². The predicted molar refractivity (Wildman–Crippen MR) is 144 cm³/mol. The van der Waals surface area contributed by atoms with Gasteiger partial charge in [0.05, 0.1) is 18.3 Å². The van der Waals surface area contributed by atoms with Gasteiger partial charge in [-0.2, -0.15) is 0 Å².